The van der Waals surface area contributed by atoms with Gasteiger partial charge in [-0.25, -0.2) is 4.98 Å². The zero-order valence-corrected chi connectivity index (χ0v) is 20.6. The molecule has 3 aliphatic rings. The van der Waals surface area contributed by atoms with E-state index in [0.29, 0.717) is 25.1 Å². The minimum absolute atomic E-state index is 0.0417. The SMILES string of the molecule is N#Cc1ncc(N2C(=O)C3(CCC3)N(c3ccc(CN4CCN[C@H](CO)C4)cc3)C2=S)cc1C(F)(F)F. The summed E-state index contributed by atoms with van der Waals surface area (Å²) in [5, 5.41) is 21.9. The van der Waals surface area contributed by atoms with Gasteiger partial charge in [-0.1, -0.05) is 12.1 Å². The fourth-order valence-corrected chi connectivity index (χ4v) is 5.73. The molecule has 3 fully saturated rings. The number of thiocarbonyl (C=S) groups is 1. The molecule has 12 heteroatoms. The van der Waals surface area contributed by atoms with Crippen molar-refractivity contribution in [2.45, 2.75) is 43.6 Å². The van der Waals surface area contributed by atoms with Gasteiger partial charge >= 0.3 is 6.18 Å². The number of halogens is 3. The third kappa shape index (κ3) is 4.46. The van der Waals surface area contributed by atoms with E-state index < -0.39 is 23.0 Å². The maximum atomic E-state index is 13.6. The van der Waals surface area contributed by atoms with E-state index in [4.69, 9.17) is 17.5 Å². The number of nitriles is 1. The number of nitrogens with one attached hydrogen (secondary N) is 1. The highest BCUT2D eigenvalue weighted by Gasteiger charge is 2.59. The van der Waals surface area contributed by atoms with Crippen LogP contribution in [-0.2, 0) is 17.5 Å². The minimum Gasteiger partial charge on any atom is -0.395 e. The molecule has 0 radical (unpaired) electrons. The van der Waals surface area contributed by atoms with Crippen molar-refractivity contribution in [3.05, 3.63) is 53.3 Å². The Labute approximate surface area is 217 Å². The molecule has 1 aromatic heterocycles. The second kappa shape index (κ2) is 9.64. The minimum atomic E-state index is -4.80. The van der Waals surface area contributed by atoms with E-state index in [2.05, 4.69) is 15.2 Å². The normalized spacial score (nSPS) is 21.9. The molecule has 2 saturated heterocycles. The first-order valence-electron chi connectivity index (χ1n) is 12.0. The second-order valence-electron chi connectivity index (χ2n) is 9.58. The zero-order chi connectivity index (χ0) is 26.4. The quantitative estimate of drug-likeness (QED) is 0.570. The van der Waals surface area contributed by atoms with Gasteiger partial charge in [0.1, 0.15) is 11.6 Å². The summed E-state index contributed by atoms with van der Waals surface area (Å²) in [5.74, 6) is -0.386. The van der Waals surface area contributed by atoms with E-state index in [9.17, 15) is 23.1 Å². The Kier molecular flexibility index (Phi) is 6.66. The summed E-state index contributed by atoms with van der Waals surface area (Å²) in [6.45, 7) is 3.18. The van der Waals surface area contributed by atoms with Crippen LogP contribution in [0, 0.1) is 11.3 Å². The van der Waals surface area contributed by atoms with Gasteiger partial charge in [0, 0.05) is 37.9 Å². The summed E-state index contributed by atoms with van der Waals surface area (Å²) in [6, 6.07) is 9.93. The topological polar surface area (TPSA) is 95.7 Å². The molecule has 2 aliphatic heterocycles. The van der Waals surface area contributed by atoms with E-state index in [1.165, 1.54) is 6.07 Å². The van der Waals surface area contributed by atoms with Crippen LogP contribution in [0.5, 0.6) is 0 Å². The average molecular weight is 531 g/mol. The summed E-state index contributed by atoms with van der Waals surface area (Å²) < 4.78 is 40.7. The van der Waals surface area contributed by atoms with Crippen LogP contribution in [0.3, 0.4) is 0 Å². The Morgan fingerprint density at radius 1 is 1.24 bits per heavy atom. The van der Waals surface area contributed by atoms with Crippen LogP contribution in [0.25, 0.3) is 0 Å². The number of alkyl halides is 3. The van der Waals surface area contributed by atoms with Crippen molar-refractivity contribution >= 4 is 34.6 Å². The van der Waals surface area contributed by atoms with Crippen molar-refractivity contribution < 1.29 is 23.1 Å². The molecule has 5 rings (SSSR count). The van der Waals surface area contributed by atoms with Gasteiger partial charge in [0.15, 0.2) is 10.8 Å². The molecular formula is C25H25F3N6O2S. The summed E-state index contributed by atoms with van der Waals surface area (Å²) in [4.78, 5) is 22.4. The highest BCUT2D eigenvalue weighted by molar-refractivity contribution is 7.81. The van der Waals surface area contributed by atoms with Gasteiger partial charge in [0.05, 0.1) is 24.1 Å². The fourth-order valence-electron chi connectivity index (χ4n) is 5.26. The summed E-state index contributed by atoms with van der Waals surface area (Å²) in [7, 11) is 0. The van der Waals surface area contributed by atoms with Crippen molar-refractivity contribution in [1.29, 1.82) is 5.26 Å². The zero-order valence-electron chi connectivity index (χ0n) is 19.8. The Hall–Kier alpha value is -3.11. The van der Waals surface area contributed by atoms with Crippen molar-refractivity contribution in [3.8, 4) is 6.07 Å². The molecule has 3 heterocycles. The standard InChI is InChI=1S/C25H25F3N6O2S/c26-25(27,28)20-10-19(12-31-21(20)11-29)33-22(36)24(6-1-7-24)34(23(33)37)18-4-2-16(3-5-18)13-32-9-8-30-17(14-32)15-35/h2-5,10,12,17,30,35H,1,6-9,13-15H2/t17-/m0/s1. The molecule has 0 bridgehead atoms. The third-order valence-corrected chi connectivity index (χ3v) is 7.66. The third-order valence-electron chi connectivity index (χ3n) is 7.30. The monoisotopic (exact) mass is 530 g/mol. The van der Waals surface area contributed by atoms with Crippen molar-refractivity contribution in [3.63, 3.8) is 0 Å². The first kappa shape index (κ1) is 25.5. The molecule has 2 aromatic rings. The van der Waals surface area contributed by atoms with Crippen molar-refractivity contribution in [2.75, 3.05) is 36.0 Å². The van der Waals surface area contributed by atoms with Gasteiger partial charge in [-0.2, -0.15) is 18.4 Å². The lowest BCUT2D eigenvalue weighted by molar-refractivity contribution is -0.138. The van der Waals surface area contributed by atoms with E-state index in [0.717, 1.165) is 48.8 Å². The number of anilines is 2. The Bertz CT molecular complexity index is 1260. The number of amides is 1. The maximum Gasteiger partial charge on any atom is 0.419 e. The summed E-state index contributed by atoms with van der Waals surface area (Å²) >= 11 is 5.66. The first-order chi connectivity index (χ1) is 17.7. The number of hydrogen-bond acceptors (Lipinski definition) is 7. The molecule has 1 atom stereocenters. The van der Waals surface area contributed by atoms with Crippen molar-refractivity contribution in [1.82, 2.24) is 15.2 Å². The molecule has 2 N–H and O–H groups in total. The van der Waals surface area contributed by atoms with Crippen LogP contribution in [-0.4, -0.2) is 63.8 Å². The number of pyridine rings is 1. The number of aliphatic hydroxyl groups excluding tert-OH is 1. The van der Waals surface area contributed by atoms with Gasteiger partial charge in [-0.3, -0.25) is 14.6 Å². The predicted octanol–water partition coefficient (Wildman–Crippen LogP) is 2.80. The Balaban J connectivity index is 1.42. The molecule has 194 valence electrons. The molecule has 1 spiro atoms. The maximum absolute atomic E-state index is 13.6. The molecule has 1 saturated carbocycles. The number of nitrogens with zero attached hydrogens (tertiary/aromatic N) is 5. The van der Waals surface area contributed by atoms with Crippen LogP contribution in [0.4, 0.5) is 24.5 Å². The predicted molar refractivity (Wildman–Crippen MR) is 134 cm³/mol. The molecule has 1 amide bonds. The number of carbonyl (C=O) groups is 1. The van der Waals surface area contributed by atoms with E-state index in [1.807, 2.05) is 24.3 Å². The summed E-state index contributed by atoms with van der Waals surface area (Å²) in [5.41, 5.74) is -1.26. The van der Waals surface area contributed by atoms with E-state index in [1.54, 1.807) is 4.90 Å². The van der Waals surface area contributed by atoms with Crippen molar-refractivity contribution in [2.24, 2.45) is 0 Å². The molecule has 8 nitrogen and oxygen atoms in total. The average Bonchev–Trinajstić information content (AvgIpc) is 3.10. The molecule has 1 aromatic carbocycles. The highest BCUT2D eigenvalue weighted by Crippen LogP contribution is 2.48. The van der Waals surface area contributed by atoms with Gasteiger partial charge in [-0.15, -0.1) is 0 Å². The molecule has 0 unspecified atom stereocenters. The van der Waals surface area contributed by atoms with Gasteiger partial charge in [0.2, 0.25) is 0 Å². The lowest BCUT2D eigenvalue weighted by Crippen LogP contribution is -2.55. The second-order valence-corrected chi connectivity index (χ2v) is 9.94. The summed E-state index contributed by atoms with van der Waals surface area (Å²) in [6.07, 6.45) is -1.86. The Morgan fingerprint density at radius 2 is 1.97 bits per heavy atom. The lowest BCUT2D eigenvalue weighted by atomic mass is 9.75. The van der Waals surface area contributed by atoms with Crippen LogP contribution >= 0.6 is 12.2 Å². The smallest absolute Gasteiger partial charge is 0.395 e. The number of aromatic nitrogens is 1. The van der Waals surface area contributed by atoms with E-state index in [-0.39, 0.29) is 29.4 Å². The first-order valence-corrected chi connectivity index (χ1v) is 12.4. The number of rotatable bonds is 5. The van der Waals surface area contributed by atoms with E-state index >= 15 is 0 Å². The molecule has 37 heavy (non-hydrogen) atoms. The van der Waals surface area contributed by atoms with Crippen LogP contribution in [0.15, 0.2) is 36.5 Å². The molecule has 1 aliphatic carbocycles. The van der Waals surface area contributed by atoms with Crippen LogP contribution in [0.1, 0.15) is 36.1 Å². The fraction of sp³-hybridized carbons (Fsp3) is 0.440. The van der Waals surface area contributed by atoms with Crippen LogP contribution < -0.4 is 15.1 Å². The molecular weight excluding hydrogens is 505 g/mol. The van der Waals surface area contributed by atoms with Crippen LogP contribution in [0.2, 0.25) is 0 Å². The number of piperazine rings is 1. The number of benzene rings is 1. The van der Waals surface area contributed by atoms with Gasteiger partial charge in [-0.05, 0) is 55.2 Å². The largest absolute Gasteiger partial charge is 0.419 e. The highest BCUT2D eigenvalue weighted by atomic mass is 32.1. The lowest BCUT2D eigenvalue weighted by Gasteiger charge is -2.43. The number of hydrogen-bond donors (Lipinski definition) is 2. The van der Waals surface area contributed by atoms with Gasteiger partial charge in [0.25, 0.3) is 5.91 Å². The van der Waals surface area contributed by atoms with Gasteiger partial charge < -0.3 is 15.3 Å². The number of carbonyl (C=O) groups excluding carboxylic acids is 1. The Morgan fingerprint density at radius 3 is 2.57 bits per heavy atom. The number of aliphatic hydroxyl groups is 1.